The van der Waals surface area contributed by atoms with Crippen LogP contribution < -0.4 is 5.32 Å². The van der Waals surface area contributed by atoms with Crippen molar-refractivity contribution >= 4 is 15.9 Å². The van der Waals surface area contributed by atoms with Gasteiger partial charge in [-0.05, 0) is 32.1 Å². The summed E-state index contributed by atoms with van der Waals surface area (Å²) in [7, 11) is -3.17. The van der Waals surface area contributed by atoms with Gasteiger partial charge >= 0.3 is 0 Å². The molecule has 5 nitrogen and oxygen atoms in total. The Morgan fingerprint density at radius 1 is 1.42 bits per heavy atom. The van der Waals surface area contributed by atoms with E-state index < -0.39 is 10.0 Å². The quantitative estimate of drug-likeness (QED) is 0.799. The minimum Gasteiger partial charge on any atom is -0.356 e. The maximum Gasteiger partial charge on any atom is 0.224 e. The number of rotatable bonds is 6. The molecule has 0 unspecified atom stereocenters. The molecule has 0 bridgehead atoms. The zero-order valence-corrected chi connectivity index (χ0v) is 13.0. The van der Waals surface area contributed by atoms with Crippen LogP contribution in [-0.4, -0.2) is 44.0 Å². The van der Waals surface area contributed by atoms with E-state index in [9.17, 15) is 13.2 Å². The van der Waals surface area contributed by atoms with Gasteiger partial charge in [-0.3, -0.25) is 4.79 Å². The van der Waals surface area contributed by atoms with Crippen molar-refractivity contribution in [1.82, 2.24) is 9.62 Å². The summed E-state index contributed by atoms with van der Waals surface area (Å²) in [6.45, 7) is 7.43. The molecule has 1 fully saturated rings. The summed E-state index contributed by atoms with van der Waals surface area (Å²) in [5.74, 6) is 0.469. The monoisotopic (exact) mass is 290 g/mol. The maximum atomic E-state index is 12.0. The molecule has 112 valence electrons. The molecule has 1 N–H and O–H groups in total. The average Bonchev–Trinajstić information content (AvgIpc) is 2.38. The summed E-state index contributed by atoms with van der Waals surface area (Å²) in [5.41, 5.74) is 0. The van der Waals surface area contributed by atoms with Gasteiger partial charge in [0.15, 0.2) is 0 Å². The van der Waals surface area contributed by atoms with E-state index in [4.69, 9.17) is 0 Å². The molecule has 0 radical (unpaired) electrons. The lowest BCUT2D eigenvalue weighted by Crippen LogP contribution is -2.46. The van der Waals surface area contributed by atoms with Crippen LogP contribution in [0.2, 0.25) is 0 Å². The van der Waals surface area contributed by atoms with Crippen LogP contribution in [0.1, 0.15) is 40.0 Å². The van der Waals surface area contributed by atoms with Crippen molar-refractivity contribution < 1.29 is 13.2 Å². The third kappa shape index (κ3) is 5.10. The summed E-state index contributed by atoms with van der Waals surface area (Å²) in [6.07, 6.45) is 2.50. The number of nitrogens with one attached hydrogen (secondary N) is 1. The smallest absolute Gasteiger partial charge is 0.224 e. The van der Waals surface area contributed by atoms with E-state index in [0.717, 1.165) is 19.3 Å². The first-order chi connectivity index (χ1) is 8.86. The normalized spacial score (nSPS) is 21.6. The Morgan fingerprint density at radius 3 is 2.68 bits per heavy atom. The predicted molar refractivity (Wildman–Crippen MR) is 76.2 cm³/mol. The van der Waals surface area contributed by atoms with E-state index in [-0.39, 0.29) is 17.6 Å². The van der Waals surface area contributed by atoms with Crippen molar-refractivity contribution in [2.75, 3.05) is 25.4 Å². The second-order valence-corrected chi connectivity index (χ2v) is 7.83. The highest BCUT2D eigenvalue weighted by atomic mass is 32.2. The summed E-state index contributed by atoms with van der Waals surface area (Å²) >= 11 is 0. The molecule has 1 aliphatic heterocycles. The highest BCUT2D eigenvalue weighted by molar-refractivity contribution is 7.89. The topological polar surface area (TPSA) is 66.5 Å². The van der Waals surface area contributed by atoms with Crippen molar-refractivity contribution in [3.05, 3.63) is 0 Å². The lowest BCUT2D eigenvalue weighted by molar-refractivity contribution is -0.126. The van der Waals surface area contributed by atoms with Gasteiger partial charge in [-0.1, -0.05) is 13.8 Å². The molecule has 1 heterocycles. The van der Waals surface area contributed by atoms with Crippen LogP contribution in [-0.2, 0) is 14.8 Å². The van der Waals surface area contributed by atoms with Crippen LogP contribution in [0.25, 0.3) is 0 Å². The summed E-state index contributed by atoms with van der Waals surface area (Å²) in [6, 6.07) is 0. The van der Waals surface area contributed by atoms with Gasteiger partial charge in [0.25, 0.3) is 0 Å². The number of sulfonamides is 1. The Labute approximate surface area is 116 Å². The summed E-state index contributed by atoms with van der Waals surface area (Å²) in [5, 5.41) is 2.91. The molecule has 19 heavy (non-hydrogen) atoms. The maximum absolute atomic E-state index is 12.0. The number of amides is 1. The van der Waals surface area contributed by atoms with Crippen LogP contribution >= 0.6 is 0 Å². The Hall–Kier alpha value is -0.620. The first-order valence-corrected chi connectivity index (χ1v) is 8.73. The van der Waals surface area contributed by atoms with Crippen LogP contribution in [0.4, 0.5) is 0 Å². The predicted octanol–water partition coefficient (Wildman–Crippen LogP) is 1.21. The van der Waals surface area contributed by atoms with Crippen LogP contribution in [0.5, 0.6) is 0 Å². The van der Waals surface area contributed by atoms with E-state index in [1.54, 1.807) is 6.92 Å². The summed E-state index contributed by atoms with van der Waals surface area (Å²) in [4.78, 5) is 12.0. The molecular weight excluding hydrogens is 264 g/mol. The van der Waals surface area contributed by atoms with E-state index in [1.807, 2.05) is 0 Å². The number of carbonyl (C=O) groups is 1. The summed E-state index contributed by atoms with van der Waals surface area (Å²) < 4.78 is 25.1. The van der Waals surface area contributed by atoms with Gasteiger partial charge in [-0.15, -0.1) is 0 Å². The Morgan fingerprint density at radius 2 is 2.11 bits per heavy atom. The van der Waals surface area contributed by atoms with Gasteiger partial charge in [0.05, 0.1) is 11.7 Å². The molecule has 1 rings (SSSR count). The lowest BCUT2D eigenvalue weighted by atomic mass is 9.98. The second kappa shape index (κ2) is 7.24. The third-order valence-electron chi connectivity index (χ3n) is 3.53. The fourth-order valence-electron chi connectivity index (χ4n) is 2.22. The number of nitrogens with zero attached hydrogens (tertiary/aromatic N) is 1. The van der Waals surface area contributed by atoms with Gasteiger partial charge in [0, 0.05) is 19.6 Å². The molecule has 1 atom stereocenters. The standard InChI is InChI=1S/C13H26N2O3S/c1-4-19(17,18)15-9-5-6-12(10-15)13(16)14-8-7-11(2)3/h11-12H,4-10H2,1-3H3,(H,14,16)/t12-/m1/s1. The van der Waals surface area contributed by atoms with Gasteiger partial charge < -0.3 is 5.32 Å². The zero-order chi connectivity index (χ0) is 14.5. The lowest BCUT2D eigenvalue weighted by Gasteiger charge is -2.30. The van der Waals surface area contributed by atoms with Gasteiger partial charge in [0.1, 0.15) is 0 Å². The van der Waals surface area contributed by atoms with E-state index in [0.29, 0.717) is 25.6 Å². The van der Waals surface area contributed by atoms with Crippen LogP contribution in [0.3, 0.4) is 0 Å². The van der Waals surface area contributed by atoms with E-state index >= 15 is 0 Å². The number of hydrogen-bond acceptors (Lipinski definition) is 3. The fourth-order valence-corrected chi connectivity index (χ4v) is 3.40. The first kappa shape index (κ1) is 16.4. The minimum atomic E-state index is -3.17. The van der Waals surface area contributed by atoms with Crippen molar-refractivity contribution in [2.45, 2.75) is 40.0 Å². The molecule has 6 heteroatoms. The highest BCUT2D eigenvalue weighted by Gasteiger charge is 2.31. The average molecular weight is 290 g/mol. The van der Waals surface area contributed by atoms with Gasteiger partial charge in [0.2, 0.25) is 15.9 Å². The van der Waals surface area contributed by atoms with Crippen molar-refractivity contribution in [1.29, 1.82) is 0 Å². The molecule has 0 saturated carbocycles. The van der Waals surface area contributed by atoms with Crippen molar-refractivity contribution in [2.24, 2.45) is 11.8 Å². The van der Waals surface area contributed by atoms with E-state index in [2.05, 4.69) is 19.2 Å². The molecule has 0 aliphatic carbocycles. The van der Waals surface area contributed by atoms with Gasteiger partial charge in [-0.2, -0.15) is 0 Å². The molecule has 1 amide bonds. The van der Waals surface area contributed by atoms with E-state index in [1.165, 1.54) is 4.31 Å². The molecule has 0 aromatic heterocycles. The fraction of sp³-hybridized carbons (Fsp3) is 0.923. The second-order valence-electron chi connectivity index (χ2n) is 5.57. The van der Waals surface area contributed by atoms with Crippen molar-refractivity contribution in [3.63, 3.8) is 0 Å². The molecular formula is C13H26N2O3S. The Kier molecular flexibility index (Phi) is 6.26. The molecule has 1 saturated heterocycles. The van der Waals surface area contributed by atoms with Crippen molar-refractivity contribution in [3.8, 4) is 0 Å². The van der Waals surface area contributed by atoms with Crippen LogP contribution in [0, 0.1) is 11.8 Å². The van der Waals surface area contributed by atoms with Gasteiger partial charge in [-0.25, -0.2) is 12.7 Å². The largest absolute Gasteiger partial charge is 0.356 e. The molecule has 0 aromatic rings. The molecule has 0 aromatic carbocycles. The highest BCUT2D eigenvalue weighted by Crippen LogP contribution is 2.19. The molecule has 1 aliphatic rings. The number of carbonyl (C=O) groups excluding carboxylic acids is 1. The number of piperidine rings is 1. The SMILES string of the molecule is CCS(=O)(=O)N1CCC[C@@H](C(=O)NCCC(C)C)C1. The molecule has 0 spiro atoms. The third-order valence-corrected chi connectivity index (χ3v) is 5.38. The zero-order valence-electron chi connectivity index (χ0n) is 12.2. The first-order valence-electron chi connectivity index (χ1n) is 7.12. The minimum absolute atomic E-state index is 0.00310. The Balaban J connectivity index is 2.48. The Bertz CT molecular complexity index is 393. The van der Waals surface area contributed by atoms with Crippen LogP contribution in [0.15, 0.2) is 0 Å². The number of hydrogen-bond donors (Lipinski definition) is 1.